The summed E-state index contributed by atoms with van der Waals surface area (Å²) in [4.78, 5) is 27.8. The summed E-state index contributed by atoms with van der Waals surface area (Å²) in [5.41, 5.74) is -1.22. The largest absolute Gasteiger partial charge is 0.416 e. The average molecular weight is 645 g/mol. The first-order chi connectivity index (χ1) is 19.6. The Balaban J connectivity index is 2.12. The molecule has 0 aromatic heterocycles. The summed E-state index contributed by atoms with van der Waals surface area (Å²) >= 11 is 12.6. The van der Waals surface area contributed by atoms with Crippen molar-refractivity contribution in [3.05, 3.63) is 94.0 Å². The SMILES string of the molecule is CC(C)CNC(=O)C(C)N(Cc1ccccc1Cl)C(=O)CN(c1cc(C(F)(F)F)ccc1Cl)S(=O)(=O)c1ccccc1. The quantitative estimate of drug-likeness (QED) is 0.262. The molecule has 1 unspecified atom stereocenters. The first kappa shape index (κ1) is 33.2. The van der Waals surface area contributed by atoms with E-state index in [4.69, 9.17) is 23.2 Å². The molecule has 0 saturated heterocycles. The Labute approximate surface area is 253 Å². The van der Waals surface area contributed by atoms with Gasteiger partial charge in [0.15, 0.2) is 0 Å². The van der Waals surface area contributed by atoms with Crippen molar-refractivity contribution in [2.24, 2.45) is 5.92 Å². The predicted octanol–water partition coefficient (Wildman–Crippen LogP) is 6.40. The maximum Gasteiger partial charge on any atom is 0.416 e. The minimum atomic E-state index is -4.81. The average Bonchev–Trinajstić information content (AvgIpc) is 2.94. The second-order valence-electron chi connectivity index (χ2n) is 9.92. The van der Waals surface area contributed by atoms with Crippen LogP contribution < -0.4 is 9.62 Å². The van der Waals surface area contributed by atoms with E-state index in [1.165, 1.54) is 31.2 Å². The van der Waals surface area contributed by atoms with Crippen molar-refractivity contribution in [1.29, 1.82) is 0 Å². The normalized spacial score (nSPS) is 12.6. The van der Waals surface area contributed by atoms with Gasteiger partial charge in [-0.15, -0.1) is 0 Å². The number of anilines is 1. The molecule has 0 aliphatic heterocycles. The summed E-state index contributed by atoms with van der Waals surface area (Å²) in [6.45, 7) is 4.45. The number of hydrogen-bond acceptors (Lipinski definition) is 4. The second kappa shape index (κ2) is 13.8. The Morgan fingerprint density at radius 2 is 1.52 bits per heavy atom. The van der Waals surface area contributed by atoms with Crippen molar-refractivity contribution in [3.63, 3.8) is 0 Å². The summed E-state index contributed by atoms with van der Waals surface area (Å²) < 4.78 is 69.1. The fourth-order valence-electron chi connectivity index (χ4n) is 3.96. The fraction of sp³-hybridized carbons (Fsp3) is 0.310. The van der Waals surface area contributed by atoms with Gasteiger partial charge in [0.2, 0.25) is 11.8 Å². The molecule has 0 aliphatic rings. The number of nitrogens with zero attached hydrogens (tertiary/aromatic N) is 2. The second-order valence-corrected chi connectivity index (χ2v) is 12.6. The number of nitrogens with one attached hydrogen (secondary N) is 1. The van der Waals surface area contributed by atoms with E-state index in [1.54, 1.807) is 30.3 Å². The molecule has 0 saturated carbocycles. The van der Waals surface area contributed by atoms with Crippen LogP contribution in [0.2, 0.25) is 10.0 Å². The van der Waals surface area contributed by atoms with Crippen LogP contribution in [0, 0.1) is 5.92 Å². The van der Waals surface area contributed by atoms with Crippen LogP contribution in [0.25, 0.3) is 0 Å². The van der Waals surface area contributed by atoms with Gasteiger partial charge in [-0.25, -0.2) is 8.42 Å². The van der Waals surface area contributed by atoms with Crippen LogP contribution in [0.1, 0.15) is 31.9 Å². The van der Waals surface area contributed by atoms with E-state index in [2.05, 4.69) is 5.32 Å². The van der Waals surface area contributed by atoms with E-state index in [-0.39, 0.29) is 22.4 Å². The molecule has 1 N–H and O–H groups in total. The van der Waals surface area contributed by atoms with E-state index < -0.39 is 51.9 Å². The summed E-state index contributed by atoms with van der Waals surface area (Å²) in [6, 6.07) is 14.6. The van der Waals surface area contributed by atoms with Gasteiger partial charge in [-0.2, -0.15) is 13.2 Å². The van der Waals surface area contributed by atoms with Crippen molar-refractivity contribution in [3.8, 4) is 0 Å². The summed E-state index contributed by atoms with van der Waals surface area (Å²) in [5, 5.41) is 2.73. The molecular formula is C29H30Cl2F3N3O4S. The van der Waals surface area contributed by atoms with Crippen LogP contribution >= 0.6 is 23.2 Å². The molecule has 0 spiro atoms. The van der Waals surface area contributed by atoms with E-state index in [1.807, 2.05) is 13.8 Å². The smallest absolute Gasteiger partial charge is 0.354 e. The molecule has 0 fully saturated rings. The fourth-order valence-corrected chi connectivity index (χ4v) is 5.87. The van der Waals surface area contributed by atoms with Gasteiger partial charge in [0.1, 0.15) is 12.6 Å². The van der Waals surface area contributed by atoms with Crippen LogP contribution in [-0.4, -0.2) is 44.3 Å². The lowest BCUT2D eigenvalue weighted by atomic mass is 10.1. The molecule has 0 heterocycles. The molecule has 2 amide bonds. The molecule has 7 nitrogen and oxygen atoms in total. The van der Waals surface area contributed by atoms with Gasteiger partial charge in [0, 0.05) is 18.1 Å². The third-order valence-corrected chi connectivity index (χ3v) is 8.76. The van der Waals surface area contributed by atoms with Crippen molar-refractivity contribution in [2.45, 2.75) is 44.4 Å². The Morgan fingerprint density at radius 3 is 2.12 bits per heavy atom. The Morgan fingerprint density at radius 1 is 0.905 bits per heavy atom. The third kappa shape index (κ3) is 8.17. The number of carbonyl (C=O) groups excluding carboxylic acids is 2. The van der Waals surface area contributed by atoms with Gasteiger partial charge in [0.25, 0.3) is 10.0 Å². The summed E-state index contributed by atoms with van der Waals surface area (Å²) in [6.07, 6.45) is -4.81. The highest BCUT2D eigenvalue weighted by atomic mass is 35.5. The van der Waals surface area contributed by atoms with Crippen LogP contribution in [0.4, 0.5) is 18.9 Å². The van der Waals surface area contributed by atoms with Gasteiger partial charge in [-0.1, -0.05) is 73.4 Å². The first-order valence-electron chi connectivity index (χ1n) is 12.9. The van der Waals surface area contributed by atoms with Crippen LogP contribution in [0.3, 0.4) is 0 Å². The zero-order chi connectivity index (χ0) is 31.2. The lowest BCUT2D eigenvalue weighted by Crippen LogP contribution is -2.51. The molecule has 0 radical (unpaired) electrons. The minimum Gasteiger partial charge on any atom is -0.354 e. The van der Waals surface area contributed by atoms with Gasteiger partial charge in [-0.05, 0) is 54.8 Å². The number of alkyl halides is 3. The Bertz CT molecular complexity index is 1520. The monoisotopic (exact) mass is 643 g/mol. The summed E-state index contributed by atoms with van der Waals surface area (Å²) in [7, 11) is -4.61. The number of halogens is 5. The van der Waals surface area contributed by atoms with E-state index in [9.17, 15) is 31.2 Å². The molecule has 42 heavy (non-hydrogen) atoms. The maximum atomic E-state index is 13.9. The van der Waals surface area contributed by atoms with Crippen LogP contribution in [0.5, 0.6) is 0 Å². The number of amides is 2. The van der Waals surface area contributed by atoms with Crippen molar-refractivity contribution >= 4 is 50.7 Å². The maximum absolute atomic E-state index is 13.9. The van der Waals surface area contributed by atoms with Crippen LogP contribution in [-0.2, 0) is 32.3 Å². The highest BCUT2D eigenvalue weighted by Gasteiger charge is 2.36. The lowest BCUT2D eigenvalue weighted by Gasteiger charge is -2.32. The number of hydrogen-bond donors (Lipinski definition) is 1. The molecule has 226 valence electrons. The highest BCUT2D eigenvalue weighted by Crippen LogP contribution is 2.37. The minimum absolute atomic E-state index is 0.114. The standard InChI is InChI=1S/C29H30Cl2F3N3O4S/c1-19(2)16-35-28(39)20(3)36(17-21-9-7-8-12-24(21)30)27(38)18-37(42(40,41)23-10-5-4-6-11-23)26-15-22(29(32,33)34)13-14-25(26)31/h4-15,19-20H,16-18H2,1-3H3,(H,35,39). The molecule has 3 aromatic rings. The lowest BCUT2D eigenvalue weighted by molar-refractivity contribution is -0.139. The summed E-state index contributed by atoms with van der Waals surface area (Å²) in [5.74, 6) is -1.25. The zero-order valence-electron chi connectivity index (χ0n) is 23.0. The van der Waals surface area contributed by atoms with Gasteiger partial charge >= 0.3 is 6.18 Å². The molecule has 1 atom stereocenters. The molecular weight excluding hydrogens is 614 g/mol. The van der Waals surface area contributed by atoms with Crippen molar-refractivity contribution < 1.29 is 31.2 Å². The zero-order valence-corrected chi connectivity index (χ0v) is 25.4. The number of sulfonamides is 1. The molecule has 3 rings (SSSR count). The van der Waals surface area contributed by atoms with E-state index >= 15 is 0 Å². The molecule has 3 aromatic carbocycles. The van der Waals surface area contributed by atoms with Crippen molar-refractivity contribution in [1.82, 2.24) is 10.2 Å². The Hall–Kier alpha value is -3.28. The highest BCUT2D eigenvalue weighted by molar-refractivity contribution is 7.92. The number of benzene rings is 3. The van der Waals surface area contributed by atoms with Crippen molar-refractivity contribution in [2.75, 3.05) is 17.4 Å². The molecule has 0 aliphatic carbocycles. The first-order valence-corrected chi connectivity index (χ1v) is 15.1. The molecule has 0 bridgehead atoms. The van der Waals surface area contributed by atoms with Gasteiger partial charge < -0.3 is 10.2 Å². The van der Waals surface area contributed by atoms with Gasteiger partial charge in [0.05, 0.1) is 21.2 Å². The topological polar surface area (TPSA) is 86.8 Å². The molecule has 13 heteroatoms. The number of rotatable bonds is 11. The third-order valence-electron chi connectivity index (χ3n) is 6.30. The predicted molar refractivity (Wildman–Crippen MR) is 157 cm³/mol. The van der Waals surface area contributed by atoms with Crippen LogP contribution in [0.15, 0.2) is 77.7 Å². The van der Waals surface area contributed by atoms with E-state index in [0.29, 0.717) is 33.6 Å². The number of carbonyl (C=O) groups is 2. The van der Waals surface area contributed by atoms with E-state index in [0.717, 1.165) is 11.0 Å². The Kier molecular flexibility index (Phi) is 10.9. The van der Waals surface area contributed by atoms with Gasteiger partial charge in [-0.3, -0.25) is 13.9 Å².